The van der Waals surface area contributed by atoms with E-state index in [0.717, 1.165) is 89.5 Å². The van der Waals surface area contributed by atoms with Gasteiger partial charge in [-0.3, -0.25) is 0 Å². The number of rotatable bonds is 4. The number of hydrogen-bond acceptors (Lipinski definition) is 5. The summed E-state index contributed by atoms with van der Waals surface area (Å²) >= 11 is 1.69. The number of thiophene rings is 1. The molecule has 47 heavy (non-hydrogen) atoms. The van der Waals surface area contributed by atoms with Gasteiger partial charge in [0.25, 0.3) is 0 Å². The summed E-state index contributed by atoms with van der Waals surface area (Å²) in [7, 11) is 0. The fraction of sp³-hybridized carbons (Fsp3) is 0. The Balaban J connectivity index is 1.37. The Morgan fingerprint density at radius 2 is 0.660 bits per heavy atom. The third-order valence-electron chi connectivity index (χ3n) is 8.56. The van der Waals surface area contributed by atoms with E-state index >= 15 is 0 Å². The molecule has 9 rings (SSSR count). The minimum atomic E-state index is 0.865. The maximum absolute atomic E-state index is 5.30. The van der Waals surface area contributed by atoms with Crippen molar-refractivity contribution in [2.45, 2.75) is 0 Å². The first-order chi connectivity index (χ1) is 23.3. The molecule has 0 radical (unpaired) electrons. The van der Waals surface area contributed by atoms with Crippen LogP contribution in [0.15, 0.2) is 200 Å². The highest BCUT2D eigenvalue weighted by Gasteiger charge is 2.27. The molecule has 0 fully saturated rings. The number of hydrogen-bond donors (Lipinski definition) is 0. The van der Waals surface area contributed by atoms with Crippen LogP contribution < -0.4 is 0 Å². The van der Waals surface area contributed by atoms with Crippen LogP contribution in [0, 0.1) is 0 Å². The van der Waals surface area contributed by atoms with Gasteiger partial charge in [0, 0.05) is 27.2 Å². The summed E-state index contributed by atoms with van der Waals surface area (Å²) < 4.78 is 0. The van der Waals surface area contributed by atoms with Crippen molar-refractivity contribution in [3.63, 3.8) is 0 Å². The third kappa shape index (κ3) is 4.85. The molecule has 5 aliphatic rings. The first-order valence-electron chi connectivity index (χ1n) is 15.6. The molecule has 6 heterocycles. The lowest BCUT2D eigenvalue weighted by Crippen LogP contribution is -2.03. The number of benzene rings is 3. The van der Waals surface area contributed by atoms with Crippen molar-refractivity contribution in [1.82, 2.24) is 0 Å². The SMILES string of the molecule is C1=CC2=C(c3ccccc3)C3=NC(=C(c4cccs4)C4=NC(=C(c5ccccc5)C5=NC(=C(c6ccccc6)C1=N2)C=C5)C=C4)C=C3. The number of allylic oxidation sites excluding steroid dienone is 12. The predicted molar refractivity (Wildman–Crippen MR) is 198 cm³/mol. The van der Waals surface area contributed by atoms with Crippen LogP contribution in [0.5, 0.6) is 0 Å². The van der Waals surface area contributed by atoms with E-state index in [4.69, 9.17) is 20.0 Å². The highest BCUT2D eigenvalue weighted by molar-refractivity contribution is 7.11. The Hall–Kier alpha value is -6.04. The van der Waals surface area contributed by atoms with Gasteiger partial charge in [-0.1, -0.05) is 97.1 Å². The lowest BCUT2D eigenvalue weighted by molar-refractivity contribution is 1.41. The molecule has 5 aliphatic heterocycles. The minimum absolute atomic E-state index is 0.865. The Kier molecular flexibility index (Phi) is 6.61. The molecule has 220 valence electrons. The molecule has 5 heteroatoms. The monoisotopic (exact) mass is 618 g/mol. The van der Waals surface area contributed by atoms with Gasteiger partial charge in [0.1, 0.15) is 0 Å². The van der Waals surface area contributed by atoms with Crippen LogP contribution >= 0.6 is 11.3 Å². The van der Waals surface area contributed by atoms with Crippen LogP contribution in [0.25, 0.3) is 22.3 Å². The maximum atomic E-state index is 5.30. The van der Waals surface area contributed by atoms with E-state index in [0.29, 0.717) is 0 Å². The highest BCUT2D eigenvalue weighted by atomic mass is 32.1. The summed E-state index contributed by atoms with van der Waals surface area (Å²) in [5, 5.41) is 2.10. The van der Waals surface area contributed by atoms with Crippen LogP contribution in [0.3, 0.4) is 0 Å². The van der Waals surface area contributed by atoms with Gasteiger partial charge in [0.15, 0.2) is 0 Å². The molecule has 0 N–H and O–H groups in total. The fourth-order valence-electron chi connectivity index (χ4n) is 6.46. The standard InChI is InChI=1S/C42H26N4S/c1-4-11-27(12-5-1)39-30-18-20-32(43-30)40(28-13-6-2-7-14-28)34-22-24-36(45-34)42(38-17-10-26-47-38)37-25-23-35(46-37)41(29-15-8-3-9-16-29)33-21-19-31(39)44-33/h1-26H. The maximum Gasteiger partial charge on any atom is 0.0746 e. The molecule has 0 saturated heterocycles. The summed E-state index contributed by atoms with van der Waals surface area (Å²) in [6.45, 7) is 0. The topological polar surface area (TPSA) is 49.4 Å². The van der Waals surface area contributed by atoms with E-state index < -0.39 is 0 Å². The van der Waals surface area contributed by atoms with E-state index in [2.05, 4.69) is 139 Å². The van der Waals surface area contributed by atoms with Crippen molar-refractivity contribution in [2.24, 2.45) is 20.0 Å². The van der Waals surface area contributed by atoms with Crippen molar-refractivity contribution in [1.29, 1.82) is 0 Å². The molecule has 0 spiro atoms. The van der Waals surface area contributed by atoms with E-state index in [1.807, 2.05) is 18.2 Å². The Morgan fingerprint density at radius 1 is 0.319 bits per heavy atom. The zero-order valence-electron chi connectivity index (χ0n) is 25.2. The summed E-state index contributed by atoms with van der Waals surface area (Å²) in [5.41, 5.74) is 14.1. The molecule has 3 aromatic carbocycles. The molecule has 0 amide bonds. The first-order valence-corrected chi connectivity index (χ1v) is 16.4. The summed E-state index contributed by atoms with van der Waals surface area (Å²) in [6.07, 6.45) is 16.8. The van der Waals surface area contributed by atoms with Crippen LogP contribution in [-0.4, -0.2) is 22.8 Å². The van der Waals surface area contributed by atoms with Gasteiger partial charge >= 0.3 is 0 Å². The zero-order chi connectivity index (χ0) is 31.2. The molecule has 4 nitrogen and oxygen atoms in total. The molecule has 0 saturated carbocycles. The van der Waals surface area contributed by atoms with Crippen molar-refractivity contribution >= 4 is 56.5 Å². The van der Waals surface area contributed by atoms with Gasteiger partial charge in [0.05, 0.1) is 45.6 Å². The highest BCUT2D eigenvalue weighted by Crippen LogP contribution is 2.39. The first kappa shape index (κ1) is 27.3. The molecule has 1 aromatic heterocycles. The summed E-state index contributed by atoms with van der Waals surface area (Å²) in [4.78, 5) is 22.3. The van der Waals surface area contributed by atoms with Crippen LogP contribution in [-0.2, 0) is 0 Å². The van der Waals surface area contributed by atoms with E-state index in [9.17, 15) is 0 Å². The molecular formula is C42H26N4S. The van der Waals surface area contributed by atoms with Gasteiger partial charge in [-0.25, -0.2) is 20.0 Å². The van der Waals surface area contributed by atoms with E-state index in [1.165, 1.54) is 0 Å². The van der Waals surface area contributed by atoms with Crippen molar-refractivity contribution in [2.75, 3.05) is 0 Å². The summed E-state index contributed by atoms with van der Waals surface area (Å²) in [5.74, 6) is 0. The summed E-state index contributed by atoms with van der Waals surface area (Å²) in [6, 6.07) is 35.4. The average molecular weight is 619 g/mol. The van der Waals surface area contributed by atoms with Crippen molar-refractivity contribution in [3.05, 3.63) is 201 Å². The van der Waals surface area contributed by atoms with Crippen molar-refractivity contribution < 1.29 is 0 Å². The van der Waals surface area contributed by atoms with Crippen LogP contribution in [0.4, 0.5) is 0 Å². The minimum Gasteiger partial charge on any atom is -0.248 e. The second kappa shape index (κ2) is 11.4. The predicted octanol–water partition coefficient (Wildman–Crippen LogP) is 9.75. The average Bonchev–Trinajstić information content (AvgIpc) is 3.97. The molecule has 4 aromatic rings. The third-order valence-corrected chi connectivity index (χ3v) is 9.45. The normalized spacial score (nSPS) is 18.0. The Morgan fingerprint density at radius 3 is 1.00 bits per heavy atom. The number of fused-ring (bicyclic) bond motifs is 4. The Labute approximate surface area is 277 Å². The second-order valence-electron chi connectivity index (χ2n) is 11.4. The van der Waals surface area contributed by atoms with Gasteiger partial charge in [0.2, 0.25) is 0 Å². The van der Waals surface area contributed by atoms with Crippen LogP contribution in [0.2, 0.25) is 0 Å². The Bertz CT molecular complexity index is 2300. The number of nitrogens with zero attached hydrogens (tertiary/aromatic N) is 4. The van der Waals surface area contributed by atoms with Gasteiger partial charge in [-0.2, -0.15) is 0 Å². The van der Waals surface area contributed by atoms with Gasteiger partial charge in [-0.15, -0.1) is 11.3 Å². The molecule has 8 bridgehead atoms. The lowest BCUT2D eigenvalue weighted by Gasteiger charge is -2.12. The lowest BCUT2D eigenvalue weighted by atomic mass is 9.98. The molecule has 0 atom stereocenters. The fourth-order valence-corrected chi connectivity index (χ4v) is 7.25. The van der Waals surface area contributed by atoms with Gasteiger partial charge < -0.3 is 0 Å². The largest absolute Gasteiger partial charge is 0.248 e. The smallest absolute Gasteiger partial charge is 0.0746 e. The number of aliphatic imine (C=N–C) groups is 4. The second-order valence-corrected chi connectivity index (χ2v) is 12.4. The quantitative estimate of drug-likeness (QED) is 0.219. The van der Waals surface area contributed by atoms with Crippen molar-refractivity contribution in [3.8, 4) is 0 Å². The van der Waals surface area contributed by atoms with E-state index in [1.54, 1.807) is 11.3 Å². The zero-order valence-corrected chi connectivity index (χ0v) is 26.0. The van der Waals surface area contributed by atoms with Crippen LogP contribution in [0.1, 0.15) is 21.6 Å². The molecule has 0 aliphatic carbocycles. The molecular weight excluding hydrogens is 593 g/mol. The van der Waals surface area contributed by atoms with Gasteiger partial charge in [-0.05, 0) is 76.7 Å². The van der Waals surface area contributed by atoms with E-state index in [-0.39, 0.29) is 0 Å². The molecule has 0 unspecified atom stereocenters.